The number of hydrogen-bond acceptors (Lipinski definition) is 3. The standard InChI is InChI=1S/C21H16F2N4O2/c1-11-2-4-12(5-3-11)6-13-7-18(26-27-20(13)28)21(29)25-19-10-24-17-9-16(23)15(22)8-14(17)19/h2-5,7-10,24H,6H2,1H3,(H,25,29)(H,27,28). The molecule has 4 rings (SSSR count). The van der Waals surface area contributed by atoms with E-state index in [0.29, 0.717) is 22.9 Å². The molecular formula is C21H16F2N4O2. The highest BCUT2D eigenvalue weighted by Gasteiger charge is 2.15. The summed E-state index contributed by atoms with van der Waals surface area (Å²) >= 11 is 0. The minimum Gasteiger partial charge on any atom is -0.359 e. The highest BCUT2D eigenvalue weighted by molar-refractivity contribution is 6.08. The normalized spacial score (nSPS) is 11.0. The van der Waals surface area contributed by atoms with E-state index in [-0.39, 0.29) is 16.9 Å². The predicted molar refractivity (Wildman–Crippen MR) is 105 cm³/mol. The van der Waals surface area contributed by atoms with E-state index in [4.69, 9.17) is 0 Å². The van der Waals surface area contributed by atoms with E-state index in [1.165, 1.54) is 12.3 Å². The Bertz CT molecular complexity index is 1280. The molecule has 2 heterocycles. The van der Waals surface area contributed by atoms with Gasteiger partial charge in [-0.15, -0.1) is 0 Å². The molecule has 0 radical (unpaired) electrons. The summed E-state index contributed by atoms with van der Waals surface area (Å²) in [6.45, 7) is 1.97. The molecule has 0 saturated heterocycles. The van der Waals surface area contributed by atoms with Gasteiger partial charge in [-0.2, -0.15) is 5.10 Å². The number of halogens is 2. The number of hydrogen-bond donors (Lipinski definition) is 3. The van der Waals surface area contributed by atoms with Gasteiger partial charge in [-0.3, -0.25) is 9.59 Å². The van der Waals surface area contributed by atoms with Crippen LogP contribution in [0.4, 0.5) is 14.5 Å². The van der Waals surface area contributed by atoms with Crippen LogP contribution >= 0.6 is 0 Å². The Morgan fingerprint density at radius 1 is 1.10 bits per heavy atom. The molecule has 3 N–H and O–H groups in total. The molecular weight excluding hydrogens is 378 g/mol. The Morgan fingerprint density at radius 3 is 2.59 bits per heavy atom. The summed E-state index contributed by atoms with van der Waals surface area (Å²) < 4.78 is 26.9. The number of aryl methyl sites for hydroxylation is 1. The van der Waals surface area contributed by atoms with Gasteiger partial charge in [-0.25, -0.2) is 13.9 Å². The van der Waals surface area contributed by atoms with Gasteiger partial charge in [-0.05, 0) is 24.6 Å². The summed E-state index contributed by atoms with van der Waals surface area (Å²) in [6, 6.07) is 11.1. The average Bonchev–Trinajstić information content (AvgIpc) is 3.07. The fraction of sp³-hybridized carbons (Fsp3) is 0.0952. The lowest BCUT2D eigenvalue weighted by atomic mass is 10.0. The third-order valence-electron chi connectivity index (χ3n) is 4.60. The number of nitrogens with zero attached hydrogens (tertiary/aromatic N) is 1. The number of anilines is 1. The van der Waals surface area contributed by atoms with Crippen LogP contribution < -0.4 is 10.9 Å². The second kappa shape index (κ2) is 7.31. The van der Waals surface area contributed by atoms with Crippen LogP contribution in [-0.2, 0) is 6.42 Å². The topological polar surface area (TPSA) is 90.6 Å². The first-order valence-electron chi connectivity index (χ1n) is 8.82. The molecule has 0 spiro atoms. The van der Waals surface area contributed by atoms with Crippen molar-refractivity contribution in [1.82, 2.24) is 15.2 Å². The number of aromatic amines is 2. The van der Waals surface area contributed by atoms with Crippen LogP contribution in [0.15, 0.2) is 53.5 Å². The zero-order valence-corrected chi connectivity index (χ0v) is 15.3. The maximum atomic E-state index is 13.5. The van der Waals surface area contributed by atoms with Crippen LogP contribution in [0.2, 0.25) is 0 Å². The van der Waals surface area contributed by atoms with Crippen LogP contribution in [0.3, 0.4) is 0 Å². The third-order valence-corrected chi connectivity index (χ3v) is 4.60. The minimum atomic E-state index is -1.02. The van der Waals surface area contributed by atoms with Crippen LogP contribution in [0.5, 0.6) is 0 Å². The Kier molecular flexibility index (Phi) is 4.67. The average molecular weight is 394 g/mol. The number of aromatic nitrogens is 3. The van der Waals surface area contributed by atoms with E-state index in [2.05, 4.69) is 20.5 Å². The number of amides is 1. The van der Waals surface area contributed by atoms with Crippen molar-refractivity contribution in [3.63, 3.8) is 0 Å². The molecule has 29 heavy (non-hydrogen) atoms. The van der Waals surface area contributed by atoms with Gasteiger partial charge in [0.1, 0.15) is 5.69 Å². The predicted octanol–water partition coefficient (Wildman–Crippen LogP) is 3.68. The Hall–Kier alpha value is -3.81. The largest absolute Gasteiger partial charge is 0.359 e. The fourth-order valence-corrected chi connectivity index (χ4v) is 3.03. The van der Waals surface area contributed by atoms with E-state index in [1.807, 2.05) is 31.2 Å². The van der Waals surface area contributed by atoms with Crippen molar-refractivity contribution in [2.24, 2.45) is 0 Å². The first kappa shape index (κ1) is 18.5. The molecule has 4 aromatic rings. The molecule has 0 unspecified atom stereocenters. The SMILES string of the molecule is Cc1ccc(Cc2cc(C(=O)Nc3c[nH]c4cc(F)c(F)cc34)n[nH]c2=O)cc1. The Labute approximate surface area is 163 Å². The van der Waals surface area contributed by atoms with Gasteiger partial charge in [0.2, 0.25) is 0 Å². The lowest BCUT2D eigenvalue weighted by Gasteiger charge is -2.06. The first-order chi connectivity index (χ1) is 13.9. The number of nitrogens with one attached hydrogen (secondary N) is 3. The number of carbonyl (C=O) groups excluding carboxylic acids is 1. The highest BCUT2D eigenvalue weighted by Crippen LogP contribution is 2.25. The van der Waals surface area contributed by atoms with Gasteiger partial charge in [0.05, 0.1) is 11.2 Å². The quantitative estimate of drug-likeness (QED) is 0.493. The number of fused-ring (bicyclic) bond motifs is 1. The van der Waals surface area contributed by atoms with E-state index >= 15 is 0 Å². The summed E-state index contributed by atoms with van der Waals surface area (Å²) in [7, 11) is 0. The number of carbonyl (C=O) groups is 1. The second-order valence-corrected chi connectivity index (χ2v) is 6.74. The Balaban J connectivity index is 1.60. The zero-order valence-electron chi connectivity index (χ0n) is 15.3. The smallest absolute Gasteiger partial charge is 0.276 e. The third kappa shape index (κ3) is 3.77. The molecule has 0 aliphatic heterocycles. The minimum absolute atomic E-state index is 0.00338. The number of benzene rings is 2. The summed E-state index contributed by atoms with van der Waals surface area (Å²) in [4.78, 5) is 27.5. The lowest BCUT2D eigenvalue weighted by Crippen LogP contribution is -2.21. The maximum Gasteiger partial charge on any atom is 0.276 e. The lowest BCUT2D eigenvalue weighted by molar-refractivity contribution is 0.102. The van der Waals surface area contributed by atoms with Crippen molar-refractivity contribution in [1.29, 1.82) is 0 Å². The van der Waals surface area contributed by atoms with Gasteiger partial charge in [0, 0.05) is 29.6 Å². The van der Waals surface area contributed by atoms with Crippen molar-refractivity contribution >= 4 is 22.5 Å². The molecule has 0 aliphatic rings. The summed E-state index contributed by atoms with van der Waals surface area (Å²) in [6.07, 6.45) is 1.77. The Morgan fingerprint density at radius 2 is 1.83 bits per heavy atom. The second-order valence-electron chi connectivity index (χ2n) is 6.74. The number of rotatable bonds is 4. The van der Waals surface area contributed by atoms with Crippen molar-refractivity contribution in [2.45, 2.75) is 13.3 Å². The van der Waals surface area contributed by atoms with Crippen molar-refractivity contribution in [2.75, 3.05) is 5.32 Å². The van der Waals surface area contributed by atoms with Gasteiger partial charge in [0.15, 0.2) is 11.6 Å². The highest BCUT2D eigenvalue weighted by atomic mass is 19.2. The van der Waals surface area contributed by atoms with E-state index in [0.717, 1.165) is 23.3 Å². The van der Waals surface area contributed by atoms with Crippen LogP contribution in [0.1, 0.15) is 27.2 Å². The molecule has 0 saturated carbocycles. The molecule has 6 nitrogen and oxygen atoms in total. The van der Waals surface area contributed by atoms with E-state index in [9.17, 15) is 18.4 Å². The first-order valence-corrected chi connectivity index (χ1v) is 8.82. The van der Waals surface area contributed by atoms with Gasteiger partial charge in [0.25, 0.3) is 11.5 Å². The number of H-pyrrole nitrogens is 2. The van der Waals surface area contributed by atoms with Gasteiger partial charge < -0.3 is 10.3 Å². The van der Waals surface area contributed by atoms with Crippen molar-refractivity contribution in [3.05, 3.63) is 93.0 Å². The molecule has 1 amide bonds. The molecule has 0 atom stereocenters. The molecule has 0 fully saturated rings. The van der Waals surface area contributed by atoms with Gasteiger partial charge >= 0.3 is 0 Å². The molecule has 8 heteroatoms. The van der Waals surface area contributed by atoms with Crippen molar-refractivity contribution < 1.29 is 13.6 Å². The fourth-order valence-electron chi connectivity index (χ4n) is 3.03. The molecule has 0 bridgehead atoms. The molecule has 0 aliphatic carbocycles. The monoisotopic (exact) mass is 394 g/mol. The maximum absolute atomic E-state index is 13.5. The molecule has 2 aromatic heterocycles. The van der Waals surface area contributed by atoms with Crippen LogP contribution in [-0.4, -0.2) is 21.1 Å². The summed E-state index contributed by atoms with van der Waals surface area (Å²) in [5.41, 5.74) is 2.66. The van der Waals surface area contributed by atoms with Crippen LogP contribution in [0.25, 0.3) is 10.9 Å². The van der Waals surface area contributed by atoms with E-state index in [1.54, 1.807) is 0 Å². The summed E-state index contributed by atoms with van der Waals surface area (Å²) in [5, 5.41) is 9.05. The van der Waals surface area contributed by atoms with E-state index < -0.39 is 17.5 Å². The van der Waals surface area contributed by atoms with Crippen molar-refractivity contribution in [3.8, 4) is 0 Å². The zero-order chi connectivity index (χ0) is 20.5. The summed E-state index contributed by atoms with van der Waals surface area (Å²) in [5.74, 6) is -2.59. The molecule has 2 aromatic carbocycles. The van der Waals surface area contributed by atoms with Gasteiger partial charge in [-0.1, -0.05) is 29.8 Å². The molecule has 146 valence electrons. The van der Waals surface area contributed by atoms with Crippen LogP contribution in [0, 0.1) is 18.6 Å².